The fourth-order valence-corrected chi connectivity index (χ4v) is 1.55. The number of hydrogen-bond acceptors (Lipinski definition) is 1. The first-order valence-electron chi connectivity index (χ1n) is 4.90. The van der Waals surface area contributed by atoms with E-state index in [9.17, 15) is 8.78 Å². The third-order valence-corrected chi connectivity index (χ3v) is 2.63. The fourth-order valence-electron chi connectivity index (χ4n) is 1.22. The summed E-state index contributed by atoms with van der Waals surface area (Å²) in [6.07, 6.45) is 0.910. The summed E-state index contributed by atoms with van der Waals surface area (Å²) in [7, 11) is 0. The Bertz CT molecular complexity index is 313. The molecule has 0 saturated carbocycles. The number of nitrogens with one attached hydrogen (secondary N) is 1. The van der Waals surface area contributed by atoms with Crippen molar-refractivity contribution < 1.29 is 8.78 Å². The summed E-state index contributed by atoms with van der Waals surface area (Å²) in [6.45, 7) is 2.52. The normalized spacial score (nSPS) is 12.8. The van der Waals surface area contributed by atoms with Gasteiger partial charge in [-0.15, -0.1) is 11.6 Å². The van der Waals surface area contributed by atoms with E-state index in [4.69, 9.17) is 11.6 Å². The molecule has 0 heterocycles. The van der Waals surface area contributed by atoms with Crippen LogP contribution < -0.4 is 5.32 Å². The van der Waals surface area contributed by atoms with Gasteiger partial charge in [-0.2, -0.15) is 0 Å². The highest BCUT2D eigenvalue weighted by Gasteiger charge is 2.05. The smallest absolute Gasteiger partial charge is 0.159 e. The molecule has 1 atom stereocenters. The molecule has 0 saturated heterocycles. The average molecular weight is 234 g/mol. The number of benzene rings is 1. The molecule has 15 heavy (non-hydrogen) atoms. The Balaban J connectivity index is 2.54. The highest BCUT2D eigenvalue weighted by Crippen LogP contribution is 2.09. The highest BCUT2D eigenvalue weighted by molar-refractivity contribution is 6.18. The molecule has 1 N–H and O–H groups in total. The van der Waals surface area contributed by atoms with Gasteiger partial charge < -0.3 is 5.32 Å². The predicted octanol–water partition coefficient (Wildman–Crippen LogP) is 3.07. The monoisotopic (exact) mass is 233 g/mol. The molecule has 0 aliphatic heterocycles. The zero-order valence-electron chi connectivity index (χ0n) is 8.56. The lowest BCUT2D eigenvalue weighted by atomic mass is 10.2. The first-order valence-corrected chi connectivity index (χ1v) is 5.44. The largest absolute Gasteiger partial charge is 0.309 e. The molecular formula is C11H14ClF2N. The molecule has 0 bridgehead atoms. The number of alkyl halides is 1. The molecule has 4 heteroatoms. The Morgan fingerprint density at radius 3 is 2.60 bits per heavy atom. The van der Waals surface area contributed by atoms with E-state index in [1.165, 1.54) is 6.07 Å². The summed E-state index contributed by atoms with van der Waals surface area (Å²) in [5.74, 6) is -1.11. The molecule has 0 amide bonds. The van der Waals surface area contributed by atoms with E-state index in [1.807, 2.05) is 6.92 Å². The quantitative estimate of drug-likeness (QED) is 0.771. The van der Waals surface area contributed by atoms with E-state index >= 15 is 0 Å². The number of hydrogen-bond donors (Lipinski definition) is 1. The van der Waals surface area contributed by atoms with Gasteiger partial charge in [-0.1, -0.05) is 13.0 Å². The van der Waals surface area contributed by atoms with Gasteiger partial charge in [0, 0.05) is 18.5 Å². The van der Waals surface area contributed by atoms with Crippen molar-refractivity contribution in [2.24, 2.45) is 0 Å². The van der Waals surface area contributed by atoms with E-state index in [0.717, 1.165) is 18.1 Å². The van der Waals surface area contributed by atoms with Gasteiger partial charge in [-0.25, -0.2) is 8.78 Å². The van der Waals surface area contributed by atoms with Crippen LogP contribution in [-0.4, -0.2) is 11.9 Å². The zero-order chi connectivity index (χ0) is 11.3. The third kappa shape index (κ3) is 3.76. The zero-order valence-corrected chi connectivity index (χ0v) is 9.32. The Morgan fingerprint density at radius 1 is 1.33 bits per heavy atom. The minimum atomic E-state index is -0.817. The Labute approximate surface area is 93.4 Å². The topological polar surface area (TPSA) is 12.0 Å². The second-order valence-corrected chi connectivity index (χ2v) is 3.70. The average Bonchev–Trinajstić information content (AvgIpc) is 2.24. The van der Waals surface area contributed by atoms with E-state index in [2.05, 4.69) is 5.32 Å². The highest BCUT2D eigenvalue weighted by atomic mass is 35.5. The van der Waals surface area contributed by atoms with Crippen LogP contribution in [0, 0.1) is 11.6 Å². The van der Waals surface area contributed by atoms with Gasteiger partial charge in [-0.3, -0.25) is 0 Å². The summed E-state index contributed by atoms with van der Waals surface area (Å²) >= 11 is 5.69. The van der Waals surface area contributed by atoms with Crippen molar-refractivity contribution in [2.45, 2.75) is 25.9 Å². The van der Waals surface area contributed by atoms with Crippen molar-refractivity contribution in [3.8, 4) is 0 Å². The molecule has 0 radical (unpaired) electrons. The van der Waals surface area contributed by atoms with Gasteiger partial charge >= 0.3 is 0 Å². The van der Waals surface area contributed by atoms with Gasteiger partial charge in [0.15, 0.2) is 11.6 Å². The maximum Gasteiger partial charge on any atom is 0.159 e. The van der Waals surface area contributed by atoms with E-state index in [-0.39, 0.29) is 6.04 Å². The van der Waals surface area contributed by atoms with Crippen LogP contribution in [0.15, 0.2) is 18.2 Å². The lowest BCUT2D eigenvalue weighted by molar-refractivity contribution is 0.501. The molecule has 0 aromatic heterocycles. The Morgan fingerprint density at radius 2 is 2.07 bits per heavy atom. The van der Waals surface area contributed by atoms with Gasteiger partial charge in [0.1, 0.15) is 0 Å². The summed E-state index contributed by atoms with van der Waals surface area (Å²) in [4.78, 5) is 0. The second-order valence-electron chi connectivity index (χ2n) is 3.39. The van der Waals surface area contributed by atoms with Gasteiger partial charge in [0.05, 0.1) is 0 Å². The van der Waals surface area contributed by atoms with E-state index in [1.54, 1.807) is 6.07 Å². The summed E-state index contributed by atoms with van der Waals surface area (Å²) < 4.78 is 25.5. The SMILES string of the molecule is CCC(CCl)NCc1ccc(F)c(F)c1. The minimum Gasteiger partial charge on any atom is -0.309 e. The lowest BCUT2D eigenvalue weighted by Crippen LogP contribution is -2.29. The maximum atomic E-state index is 12.8. The fraction of sp³-hybridized carbons (Fsp3) is 0.455. The van der Waals surface area contributed by atoms with Crippen molar-refractivity contribution in [3.63, 3.8) is 0 Å². The van der Waals surface area contributed by atoms with Crippen LogP contribution in [0.2, 0.25) is 0 Å². The minimum absolute atomic E-state index is 0.208. The van der Waals surface area contributed by atoms with E-state index in [0.29, 0.717) is 12.4 Å². The van der Waals surface area contributed by atoms with Crippen LogP contribution in [0.1, 0.15) is 18.9 Å². The summed E-state index contributed by atoms with van der Waals surface area (Å²) in [5, 5.41) is 3.16. The predicted molar refractivity (Wildman–Crippen MR) is 58.0 cm³/mol. The van der Waals surface area contributed by atoms with Crippen molar-refractivity contribution >= 4 is 11.6 Å². The Hall–Kier alpha value is -0.670. The van der Waals surface area contributed by atoms with Crippen LogP contribution in [-0.2, 0) is 6.54 Å². The summed E-state index contributed by atoms with van der Waals surface area (Å²) in [5.41, 5.74) is 0.720. The molecule has 0 spiro atoms. The van der Waals surface area contributed by atoms with Gasteiger partial charge in [-0.05, 0) is 24.1 Å². The molecule has 1 nitrogen and oxygen atoms in total. The molecular weight excluding hydrogens is 220 g/mol. The first-order chi connectivity index (χ1) is 7.17. The van der Waals surface area contributed by atoms with Crippen molar-refractivity contribution in [2.75, 3.05) is 5.88 Å². The van der Waals surface area contributed by atoms with Gasteiger partial charge in [0.2, 0.25) is 0 Å². The first kappa shape index (κ1) is 12.4. The molecule has 0 aliphatic carbocycles. The van der Waals surface area contributed by atoms with Crippen LogP contribution in [0.4, 0.5) is 8.78 Å². The van der Waals surface area contributed by atoms with E-state index < -0.39 is 11.6 Å². The van der Waals surface area contributed by atoms with Crippen molar-refractivity contribution in [1.29, 1.82) is 0 Å². The van der Waals surface area contributed by atoms with Crippen LogP contribution in [0.5, 0.6) is 0 Å². The molecule has 1 aromatic carbocycles. The van der Waals surface area contributed by atoms with Crippen LogP contribution in [0.3, 0.4) is 0 Å². The van der Waals surface area contributed by atoms with Crippen LogP contribution >= 0.6 is 11.6 Å². The molecule has 0 aliphatic rings. The van der Waals surface area contributed by atoms with Crippen molar-refractivity contribution in [1.82, 2.24) is 5.32 Å². The summed E-state index contributed by atoms with van der Waals surface area (Å²) in [6, 6.07) is 4.10. The molecule has 1 unspecified atom stereocenters. The number of halogens is 3. The van der Waals surface area contributed by atoms with Gasteiger partial charge in [0.25, 0.3) is 0 Å². The van der Waals surface area contributed by atoms with Crippen molar-refractivity contribution in [3.05, 3.63) is 35.4 Å². The van der Waals surface area contributed by atoms with Crippen LogP contribution in [0.25, 0.3) is 0 Å². The number of rotatable bonds is 5. The lowest BCUT2D eigenvalue weighted by Gasteiger charge is -2.13. The standard InChI is InChI=1S/C11H14ClF2N/c1-2-9(6-12)15-7-8-3-4-10(13)11(14)5-8/h3-5,9,15H,2,6-7H2,1H3. The molecule has 84 valence electrons. The molecule has 1 rings (SSSR count). The molecule has 1 aromatic rings. The molecule has 0 fully saturated rings. The maximum absolute atomic E-state index is 12.8. The second kappa shape index (κ2) is 6.03. The third-order valence-electron chi connectivity index (χ3n) is 2.26. The Kier molecular flexibility index (Phi) is 4.99.